The normalized spacial score (nSPS) is 25.9. The molecule has 0 aliphatic carbocycles. The van der Waals surface area contributed by atoms with Crippen molar-refractivity contribution >= 4 is 17.9 Å². The van der Waals surface area contributed by atoms with E-state index in [2.05, 4.69) is 5.32 Å². The largest absolute Gasteiger partial charge is 0.465 e. The number of aliphatic hydroxyl groups excluding tert-OH is 1. The third kappa shape index (κ3) is 3.62. The summed E-state index contributed by atoms with van der Waals surface area (Å²) in [5.74, 6) is -4.76. The van der Waals surface area contributed by atoms with Gasteiger partial charge in [0, 0.05) is 12.5 Å². The minimum Gasteiger partial charge on any atom is -0.465 e. The number of alkyl halides is 2. The zero-order valence-corrected chi connectivity index (χ0v) is 11.6. The minimum absolute atomic E-state index is 0.0741. The number of halogens is 2. The predicted octanol–water partition coefficient (Wildman–Crippen LogP) is -1.01. The lowest BCUT2D eigenvalue weighted by Crippen LogP contribution is -2.63. The van der Waals surface area contributed by atoms with Crippen LogP contribution in [0.25, 0.3) is 0 Å². The highest BCUT2D eigenvalue weighted by atomic mass is 19.3. The van der Waals surface area contributed by atoms with E-state index >= 15 is 0 Å². The second kappa shape index (κ2) is 6.03. The molecule has 3 atom stereocenters. The number of aliphatic hydroxyl groups is 1. The van der Waals surface area contributed by atoms with Crippen LogP contribution < -0.4 is 10.6 Å². The number of carbonyl (C=O) groups excluding carboxylic acids is 2. The van der Waals surface area contributed by atoms with Gasteiger partial charge in [0.05, 0.1) is 19.1 Å². The molecule has 0 bridgehead atoms. The second-order valence-corrected chi connectivity index (χ2v) is 5.56. The molecule has 0 aromatic carbocycles. The van der Waals surface area contributed by atoms with Crippen LogP contribution in [0.15, 0.2) is 0 Å². The molecule has 0 spiro atoms. The number of nitrogens with one attached hydrogen (secondary N) is 2. The minimum atomic E-state index is -2.98. The number of rotatable bonds is 5. The van der Waals surface area contributed by atoms with Crippen molar-refractivity contribution in [3.05, 3.63) is 0 Å². The summed E-state index contributed by atoms with van der Waals surface area (Å²) in [6, 6.07) is -1.23. The number of nitrogens with zero attached hydrogens (tertiary/aromatic N) is 1. The molecule has 2 rings (SSSR count). The molecule has 124 valence electrons. The highest BCUT2D eigenvalue weighted by molar-refractivity contribution is 5.84. The fourth-order valence-corrected chi connectivity index (χ4v) is 2.63. The van der Waals surface area contributed by atoms with E-state index in [0.29, 0.717) is 13.0 Å². The van der Waals surface area contributed by atoms with Gasteiger partial charge in [0.1, 0.15) is 0 Å². The molecular weight excluding hydrogens is 304 g/mol. The standard InChI is InChI=1S/C12H17F2N3O5/c13-12(14)4-17(5-12)10(20)8(18)7(16-11(21)22)3-6-1-2-15-9(6)19/h6-8,16,18H,1-5H2,(H,15,19)(H,21,22)/t6-,7?,8?/m0/s1. The summed E-state index contributed by atoms with van der Waals surface area (Å²) in [7, 11) is 0. The van der Waals surface area contributed by atoms with E-state index in [0.717, 1.165) is 4.90 Å². The molecule has 22 heavy (non-hydrogen) atoms. The first-order chi connectivity index (χ1) is 10.2. The summed E-state index contributed by atoms with van der Waals surface area (Å²) in [5, 5.41) is 23.3. The molecule has 4 N–H and O–H groups in total. The quantitative estimate of drug-likeness (QED) is 0.517. The summed E-state index contributed by atoms with van der Waals surface area (Å²) in [4.78, 5) is 35.0. The molecule has 2 heterocycles. The molecule has 0 radical (unpaired) electrons. The van der Waals surface area contributed by atoms with Crippen LogP contribution in [0.5, 0.6) is 0 Å². The first-order valence-electron chi connectivity index (χ1n) is 6.81. The summed E-state index contributed by atoms with van der Waals surface area (Å²) in [5.41, 5.74) is 0. The van der Waals surface area contributed by atoms with Crippen molar-refractivity contribution in [2.75, 3.05) is 19.6 Å². The molecule has 0 aromatic rings. The molecular formula is C12H17F2N3O5. The Hall–Kier alpha value is -1.97. The van der Waals surface area contributed by atoms with Crippen LogP contribution >= 0.6 is 0 Å². The highest BCUT2D eigenvalue weighted by Crippen LogP contribution is 2.28. The Bertz CT molecular complexity index is 479. The second-order valence-electron chi connectivity index (χ2n) is 5.56. The lowest BCUT2D eigenvalue weighted by molar-refractivity contribution is -0.174. The van der Waals surface area contributed by atoms with Gasteiger partial charge in [-0.25, -0.2) is 13.6 Å². The number of carbonyl (C=O) groups is 3. The van der Waals surface area contributed by atoms with Gasteiger partial charge in [-0.1, -0.05) is 0 Å². The van der Waals surface area contributed by atoms with Crippen molar-refractivity contribution in [3.8, 4) is 0 Å². The van der Waals surface area contributed by atoms with Gasteiger partial charge in [-0.3, -0.25) is 9.59 Å². The lowest BCUT2D eigenvalue weighted by atomic mass is 9.94. The molecule has 3 amide bonds. The van der Waals surface area contributed by atoms with E-state index in [9.17, 15) is 28.3 Å². The topological polar surface area (TPSA) is 119 Å². The number of likely N-dealkylation sites (tertiary alicyclic amines) is 1. The van der Waals surface area contributed by atoms with Crippen molar-refractivity contribution in [2.24, 2.45) is 5.92 Å². The maximum Gasteiger partial charge on any atom is 0.404 e. The SMILES string of the molecule is O=C(O)NC(C[C@@H]1CCNC1=O)C(O)C(=O)N1CC(F)(F)C1. The summed E-state index contributed by atoms with van der Waals surface area (Å²) < 4.78 is 25.5. The van der Waals surface area contributed by atoms with Gasteiger partial charge in [-0.2, -0.15) is 0 Å². The van der Waals surface area contributed by atoms with E-state index in [4.69, 9.17) is 5.11 Å². The maximum absolute atomic E-state index is 12.8. The van der Waals surface area contributed by atoms with Crippen LogP contribution in [-0.4, -0.2) is 70.7 Å². The van der Waals surface area contributed by atoms with E-state index in [1.807, 2.05) is 5.32 Å². The van der Waals surface area contributed by atoms with Crippen LogP contribution in [0, 0.1) is 5.92 Å². The predicted molar refractivity (Wildman–Crippen MR) is 68.2 cm³/mol. The monoisotopic (exact) mass is 321 g/mol. The number of carboxylic acid groups (broad SMARTS) is 1. The van der Waals surface area contributed by atoms with Crippen molar-refractivity contribution in [1.82, 2.24) is 15.5 Å². The van der Waals surface area contributed by atoms with Crippen LogP contribution in [-0.2, 0) is 9.59 Å². The molecule has 10 heteroatoms. The van der Waals surface area contributed by atoms with Crippen molar-refractivity contribution in [1.29, 1.82) is 0 Å². The number of hydrogen-bond acceptors (Lipinski definition) is 4. The van der Waals surface area contributed by atoms with Gasteiger partial charge in [-0.15, -0.1) is 0 Å². The smallest absolute Gasteiger partial charge is 0.404 e. The average molecular weight is 321 g/mol. The van der Waals surface area contributed by atoms with E-state index in [-0.39, 0.29) is 12.3 Å². The van der Waals surface area contributed by atoms with Gasteiger partial charge in [-0.05, 0) is 12.8 Å². The maximum atomic E-state index is 12.8. The molecule has 2 aliphatic rings. The number of hydrogen-bond donors (Lipinski definition) is 4. The zero-order chi connectivity index (χ0) is 16.5. The molecule has 2 unspecified atom stereocenters. The van der Waals surface area contributed by atoms with Gasteiger partial charge in [0.25, 0.3) is 11.8 Å². The van der Waals surface area contributed by atoms with E-state index in [1.165, 1.54) is 0 Å². The van der Waals surface area contributed by atoms with Crippen molar-refractivity contribution < 1.29 is 33.4 Å². The Morgan fingerprint density at radius 2 is 2.09 bits per heavy atom. The average Bonchev–Trinajstić information content (AvgIpc) is 2.78. The van der Waals surface area contributed by atoms with Gasteiger partial charge in [0.2, 0.25) is 5.91 Å². The third-order valence-corrected chi connectivity index (χ3v) is 3.80. The molecule has 2 aliphatic heterocycles. The van der Waals surface area contributed by atoms with Gasteiger partial charge >= 0.3 is 6.09 Å². The Balaban J connectivity index is 1.99. The van der Waals surface area contributed by atoms with Crippen LogP contribution in [0.3, 0.4) is 0 Å². The molecule has 0 saturated carbocycles. The molecule has 2 fully saturated rings. The fourth-order valence-electron chi connectivity index (χ4n) is 2.63. The fraction of sp³-hybridized carbons (Fsp3) is 0.750. The number of amides is 3. The summed E-state index contributed by atoms with van der Waals surface area (Å²) in [6.07, 6.45) is -2.89. The van der Waals surface area contributed by atoms with E-state index in [1.54, 1.807) is 0 Å². The molecule has 2 saturated heterocycles. The first kappa shape index (κ1) is 16.4. The first-order valence-corrected chi connectivity index (χ1v) is 6.81. The Labute approximate surface area is 124 Å². The summed E-state index contributed by atoms with van der Waals surface area (Å²) in [6.45, 7) is -1.16. The highest BCUT2D eigenvalue weighted by Gasteiger charge is 2.48. The lowest BCUT2D eigenvalue weighted by Gasteiger charge is -2.40. The zero-order valence-electron chi connectivity index (χ0n) is 11.6. The van der Waals surface area contributed by atoms with Crippen molar-refractivity contribution in [3.63, 3.8) is 0 Å². The van der Waals surface area contributed by atoms with Gasteiger partial charge < -0.3 is 25.7 Å². The Morgan fingerprint density at radius 1 is 1.45 bits per heavy atom. The van der Waals surface area contributed by atoms with Gasteiger partial charge in [0.15, 0.2) is 6.10 Å². The van der Waals surface area contributed by atoms with Crippen molar-refractivity contribution in [2.45, 2.75) is 30.9 Å². The van der Waals surface area contributed by atoms with Crippen LogP contribution in [0.2, 0.25) is 0 Å². The Kier molecular flexibility index (Phi) is 4.50. The molecule has 8 nitrogen and oxygen atoms in total. The molecule has 0 aromatic heterocycles. The van der Waals surface area contributed by atoms with Crippen LogP contribution in [0.1, 0.15) is 12.8 Å². The third-order valence-electron chi connectivity index (χ3n) is 3.80. The Morgan fingerprint density at radius 3 is 2.55 bits per heavy atom. The summed E-state index contributed by atoms with van der Waals surface area (Å²) >= 11 is 0. The van der Waals surface area contributed by atoms with Crippen LogP contribution in [0.4, 0.5) is 13.6 Å². The van der Waals surface area contributed by atoms with E-state index < -0.39 is 49.1 Å².